The number of benzene rings is 1. The van der Waals surface area contributed by atoms with E-state index in [1.165, 1.54) is 6.07 Å². The van der Waals surface area contributed by atoms with Gasteiger partial charge in [0.25, 0.3) is 8.32 Å². The molecule has 5 heteroatoms. The van der Waals surface area contributed by atoms with Gasteiger partial charge in [-0.25, -0.2) is 4.79 Å². The van der Waals surface area contributed by atoms with Gasteiger partial charge in [0.1, 0.15) is 24.4 Å². The molecule has 2 aromatic rings. The molecule has 0 saturated heterocycles. The third-order valence-corrected chi connectivity index (χ3v) is 10.3. The third kappa shape index (κ3) is 3.14. The van der Waals surface area contributed by atoms with Gasteiger partial charge in [0.15, 0.2) is 0 Å². The summed E-state index contributed by atoms with van der Waals surface area (Å²) in [6, 6.07) is 3.61. The Balaban J connectivity index is 2.00. The van der Waals surface area contributed by atoms with Crippen molar-refractivity contribution in [2.24, 2.45) is 0 Å². The molecule has 1 aromatic carbocycles. The van der Waals surface area contributed by atoms with Crippen LogP contribution in [-0.4, -0.2) is 14.9 Å². The van der Waals surface area contributed by atoms with Crippen molar-refractivity contribution in [2.75, 3.05) is 6.61 Å². The molecule has 4 rings (SSSR count). The Kier molecular flexibility index (Phi) is 4.38. The second-order valence-corrected chi connectivity index (χ2v) is 13.6. The van der Waals surface area contributed by atoms with E-state index in [0.29, 0.717) is 13.0 Å². The minimum absolute atomic E-state index is 0.0667. The Morgan fingerprint density at radius 2 is 1.82 bits per heavy atom. The first kappa shape index (κ1) is 18.8. The Morgan fingerprint density at radius 3 is 2.57 bits per heavy atom. The van der Waals surface area contributed by atoms with Crippen molar-refractivity contribution in [3.63, 3.8) is 0 Å². The lowest BCUT2D eigenvalue weighted by Gasteiger charge is -2.37. The van der Waals surface area contributed by atoms with Crippen LogP contribution in [0.25, 0.3) is 23.3 Å². The quantitative estimate of drug-likeness (QED) is 0.616. The summed E-state index contributed by atoms with van der Waals surface area (Å²) in [5.41, 5.74) is 4.46. The second-order valence-electron chi connectivity index (χ2n) is 8.90. The predicted molar refractivity (Wildman–Crippen MR) is 116 cm³/mol. The van der Waals surface area contributed by atoms with Crippen LogP contribution < -0.4 is 14.8 Å². The van der Waals surface area contributed by atoms with Gasteiger partial charge in [-0.05, 0) is 42.3 Å². The lowest BCUT2D eigenvalue weighted by Crippen LogP contribution is -2.44. The zero-order chi connectivity index (χ0) is 20.1. The highest BCUT2D eigenvalue weighted by molar-refractivity contribution is 6.74. The fraction of sp³-hybridized carbons (Fsp3) is 0.348. The van der Waals surface area contributed by atoms with Crippen molar-refractivity contribution in [3.05, 3.63) is 57.7 Å². The maximum atomic E-state index is 11.8. The van der Waals surface area contributed by atoms with Crippen LogP contribution in [0.5, 0.6) is 11.5 Å². The molecule has 0 bridgehead atoms. The Labute approximate surface area is 166 Å². The van der Waals surface area contributed by atoms with Crippen LogP contribution in [0.15, 0.2) is 39.8 Å². The summed E-state index contributed by atoms with van der Waals surface area (Å²) in [5.74, 6) is 1.73. The first-order valence-electron chi connectivity index (χ1n) is 9.65. The molecule has 2 aliphatic rings. The molecule has 0 atom stereocenters. The number of hydrogen-bond donors (Lipinski definition) is 0. The maximum Gasteiger partial charge on any atom is 0.336 e. The standard InChI is InChI=1S/C23H26O4Si/c1-23(2,3)28(4,5)27-19-12-16-9-7-11-25-22(16)17-10-6-8-15-13-20(24)26-14-18(15)21(17)19/h6-9,12-14H,10-11H2,1-5H3. The van der Waals surface area contributed by atoms with Gasteiger partial charge >= 0.3 is 5.63 Å². The highest BCUT2D eigenvalue weighted by Crippen LogP contribution is 2.48. The van der Waals surface area contributed by atoms with E-state index in [2.05, 4.69) is 52.1 Å². The molecule has 0 spiro atoms. The second kappa shape index (κ2) is 6.52. The van der Waals surface area contributed by atoms with E-state index in [1.807, 2.05) is 12.2 Å². The van der Waals surface area contributed by atoms with Gasteiger partial charge in [0.05, 0.1) is 0 Å². The summed E-state index contributed by atoms with van der Waals surface area (Å²) in [6.45, 7) is 11.7. The topological polar surface area (TPSA) is 48.7 Å². The molecule has 1 aromatic heterocycles. The third-order valence-electron chi connectivity index (χ3n) is 5.93. The number of allylic oxidation sites excluding steroid dienone is 1. The minimum atomic E-state index is -2.08. The van der Waals surface area contributed by atoms with Gasteiger partial charge in [-0.3, -0.25) is 0 Å². The van der Waals surface area contributed by atoms with E-state index in [4.69, 9.17) is 13.6 Å². The number of ether oxygens (including phenoxy) is 1. The molecule has 0 fully saturated rings. The normalized spacial score (nSPS) is 15.2. The summed E-state index contributed by atoms with van der Waals surface area (Å²) in [4.78, 5) is 11.8. The molecule has 1 aliphatic carbocycles. The van der Waals surface area contributed by atoms with Crippen molar-refractivity contribution in [2.45, 2.75) is 45.3 Å². The average molecular weight is 395 g/mol. The van der Waals surface area contributed by atoms with Crippen LogP contribution in [0.4, 0.5) is 0 Å². The van der Waals surface area contributed by atoms with E-state index >= 15 is 0 Å². The Bertz CT molecular complexity index is 1050. The molecule has 2 heterocycles. The van der Waals surface area contributed by atoms with Crippen molar-refractivity contribution in [1.82, 2.24) is 0 Å². The Hall–Kier alpha value is -2.53. The van der Waals surface area contributed by atoms with E-state index in [-0.39, 0.29) is 10.7 Å². The van der Waals surface area contributed by atoms with Gasteiger partial charge in [0.2, 0.25) is 0 Å². The van der Waals surface area contributed by atoms with Crippen molar-refractivity contribution in [1.29, 1.82) is 0 Å². The fourth-order valence-corrected chi connectivity index (χ4v) is 4.40. The molecule has 0 amide bonds. The molecule has 4 nitrogen and oxygen atoms in total. The summed E-state index contributed by atoms with van der Waals surface area (Å²) in [7, 11) is -2.08. The monoisotopic (exact) mass is 394 g/mol. The summed E-state index contributed by atoms with van der Waals surface area (Å²) in [5, 5.41) is 0.0667. The molecule has 146 valence electrons. The molecule has 28 heavy (non-hydrogen) atoms. The number of rotatable bonds is 2. The lowest BCUT2D eigenvalue weighted by molar-refractivity contribution is 0.354. The van der Waals surface area contributed by atoms with Crippen LogP contribution in [-0.2, 0) is 6.42 Å². The molecule has 0 radical (unpaired) electrons. The summed E-state index contributed by atoms with van der Waals surface area (Å²) < 4.78 is 18.0. The zero-order valence-electron chi connectivity index (χ0n) is 17.1. The maximum absolute atomic E-state index is 11.8. The predicted octanol–water partition coefficient (Wildman–Crippen LogP) is 5.67. The van der Waals surface area contributed by atoms with Crippen LogP contribution in [0.1, 0.15) is 37.5 Å². The van der Waals surface area contributed by atoms with Crippen molar-refractivity contribution < 1.29 is 13.6 Å². The van der Waals surface area contributed by atoms with E-state index in [0.717, 1.165) is 39.3 Å². The van der Waals surface area contributed by atoms with Gasteiger partial charge in [0, 0.05) is 28.3 Å². The van der Waals surface area contributed by atoms with Crippen LogP contribution >= 0.6 is 0 Å². The lowest BCUT2D eigenvalue weighted by atomic mass is 9.93. The van der Waals surface area contributed by atoms with Crippen molar-refractivity contribution >= 4 is 20.5 Å². The molecular formula is C23H26O4Si. The first-order valence-corrected chi connectivity index (χ1v) is 12.6. The van der Waals surface area contributed by atoms with Crippen LogP contribution in [0.2, 0.25) is 18.1 Å². The molecule has 0 unspecified atom stereocenters. The zero-order valence-corrected chi connectivity index (χ0v) is 18.1. The van der Waals surface area contributed by atoms with E-state index in [9.17, 15) is 4.79 Å². The number of hydrogen-bond acceptors (Lipinski definition) is 4. The van der Waals surface area contributed by atoms with Gasteiger partial charge in [-0.2, -0.15) is 0 Å². The van der Waals surface area contributed by atoms with Gasteiger partial charge in [-0.1, -0.05) is 39.0 Å². The van der Waals surface area contributed by atoms with Crippen molar-refractivity contribution in [3.8, 4) is 22.6 Å². The smallest absolute Gasteiger partial charge is 0.336 e. The van der Waals surface area contributed by atoms with Crippen LogP contribution in [0, 0.1) is 0 Å². The summed E-state index contributed by atoms with van der Waals surface area (Å²) >= 11 is 0. The highest BCUT2D eigenvalue weighted by Gasteiger charge is 2.40. The average Bonchev–Trinajstić information content (AvgIpc) is 2.80. The molecule has 1 aliphatic heterocycles. The molecule has 0 N–H and O–H groups in total. The van der Waals surface area contributed by atoms with Gasteiger partial charge in [-0.15, -0.1) is 0 Å². The Morgan fingerprint density at radius 1 is 1.07 bits per heavy atom. The fourth-order valence-electron chi connectivity index (χ4n) is 3.38. The van der Waals surface area contributed by atoms with E-state index in [1.54, 1.807) is 6.26 Å². The first-order chi connectivity index (χ1) is 13.2. The van der Waals surface area contributed by atoms with Crippen LogP contribution in [0.3, 0.4) is 0 Å². The SMILES string of the molecule is CC(C)(C)[Si](C)(C)Oc1cc2c(c3c1-c1coc(=O)cc1C=CC3)OCC=C2. The molecule has 0 saturated carbocycles. The largest absolute Gasteiger partial charge is 0.543 e. The van der Waals surface area contributed by atoms with E-state index < -0.39 is 8.32 Å². The minimum Gasteiger partial charge on any atom is -0.543 e. The number of fused-ring (bicyclic) bond motifs is 5. The van der Waals surface area contributed by atoms with Gasteiger partial charge < -0.3 is 13.6 Å². The molecular weight excluding hydrogens is 368 g/mol. The highest BCUT2D eigenvalue weighted by atomic mass is 28.4. The summed E-state index contributed by atoms with van der Waals surface area (Å²) in [6.07, 6.45) is 10.4.